The van der Waals surface area contributed by atoms with Gasteiger partial charge in [0.1, 0.15) is 5.75 Å². The third-order valence-electron chi connectivity index (χ3n) is 3.26. The van der Waals surface area contributed by atoms with Crippen LogP contribution in [-0.4, -0.2) is 38.0 Å². The van der Waals surface area contributed by atoms with Crippen LogP contribution in [0.5, 0.6) is 5.75 Å². The quantitative estimate of drug-likeness (QED) is 0.684. The predicted octanol–water partition coefficient (Wildman–Crippen LogP) is 2.91. The maximum absolute atomic E-state index is 11.8. The fourth-order valence-corrected chi connectivity index (χ4v) is 2.43. The first-order chi connectivity index (χ1) is 12.9. The van der Waals surface area contributed by atoms with Crippen molar-refractivity contribution in [1.29, 1.82) is 0 Å². The number of carbonyl (C=O) groups excluding carboxylic acids is 3. The SMILES string of the molecule is CNC(=O)c1ccc(NC(=O)COC(=O)COc2ccc(Cl)cc2Cl)cc1. The smallest absolute Gasteiger partial charge is 0.344 e. The van der Waals surface area contributed by atoms with Crippen LogP contribution in [0.25, 0.3) is 0 Å². The number of benzene rings is 2. The zero-order valence-corrected chi connectivity index (χ0v) is 15.8. The maximum Gasteiger partial charge on any atom is 0.344 e. The summed E-state index contributed by atoms with van der Waals surface area (Å²) in [6.07, 6.45) is 0. The molecule has 2 rings (SSSR count). The van der Waals surface area contributed by atoms with E-state index in [2.05, 4.69) is 10.6 Å². The summed E-state index contributed by atoms with van der Waals surface area (Å²) in [5, 5.41) is 5.74. The Morgan fingerprint density at radius 2 is 1.70 bits per heavy atom. The lowest BCUT2D eigenvalue weighted by Crippen LogP contribution is -2.23. The molecule has 0 bridgehead atoms. The minimum Gasteiger partial charge on any atom is -0.480 e. The first kappa shape index (κ1) is 20.5. The molecule has 0 atom stereocenters. The zero-order chi connectivity index (χ0) is 19.8. The van der Waals surface area contributed by atoms with E-state index in [1.165, 1.54) is 19.2 Å². The molecule has 2 N–H and O–H groups in total. The lowest BCUT2D eigenvalue weighted by atomic mass is 10.2. The maximum atomic E-state index is 11.8. The largest absolute Gasteiger partial charge is 0.480 e. The van der Waals surface area contributed by atoms with E-state index in [9.17, 15) is 14.4 Å². The van der Waals surface area contributed by atoms with Gasteiger partial charge >= 0.3 is 5.97 Å². The lowest BCUT2D eigenvalue weighted by molar-refractivity contribution is -0.149. The summed E-state index contributed by atoms with van der Waals surface area (Å²) in [6, 6.07) is 10.8. The molecule has 0 radical (unpaired) electrons. The first-order valence-corrected chi connectivity index (χ1v) is 8.50. The Hall–Kier alpha value is -2.77. The van der Waals surface area contributed by atoms with Crippen LogP contribution >= 0.6 is 23.2 Å². The summed E-state index contributed by atoms with van der Waals surface area (Å²) in [7, 11) is 1.52. The summed E-state index contributed by atoms with van der Waals surface area (Å²) >= 11 is 11.7. The van der Waals surface area contributed by atoms with Crippen LogP contribution in [0.15, 0.2) is 42.5 Å². The van der Waals surface area contributed by atoms with Crippen LogP contribution < -0.4 is 15.4 Å². The van der Waals surface area contributed by atoms with Crippen LogP contribution in [0.3, 0.4) is 0 Å². The zero-order valence-electron chi connectivity index (χ0n) is 14.3. The van der Waals surface area contributed by atoms with Crippen molar-refractivity contribution in [3.05, 3.63) is 58.1 Å². The fourth-order valence-electron chi connectivity index (χ4n) is 1.96. The molecular formula is C18H16Cl2N2O5. The van der Waals surface area contributed by atoms with E-state index >= 15 is 0 Å². The van der Waals surface area contributed by atoms with Gasteiger partial charge in [-0.1, -0.05) is 23.2 Å². The van der Waals surface area contributed by atoms with Crippen LogP contribution in [0, 0.1) is 0 Å². The molecule has 2 aromatic rings. The highest BCUT2D eigenvalue weighted by atomic mass is 35.5. The van der Waals surface area contributed by atoms with Gasteiger partial charge in [0, 0.05) is 23.3 Å². The summed E-state index contributed by atoms with van der Waals surface area (Å²) in [5.41, 5.74) is 0.924. The topological polar surface area (TPSA) is 93.7 Å². The molecule has 0 aliphatic carbocycles. The highest BCUT2D eigenvalue weighted by Crippen LogP contribution is 2.27. The van der Waals surface area contributed by atoms with Gasteiger partial charge in [0.05, 0.1) is 5.02 Å². The number of carbonyl (C=O) groups is 3. The molecule has 2 amide bonds. The Labute approximate surface area is 165 Å². The van der Waals surface area contributed by atoms with E-state index in [1.54, 1.807) is 30.3 Å². The second-order valence-electron chi connectivity index (χ2n) is 5.23. The van der Waals surface area contributed by atoms with Crippen molar-refractivity contribution < 1.29 is 23.9 Å². The number of anilines is 1. The number of rotatable bonds is 7. The molecule has 142 valence electrons. The van der Waals surface area contributed by atoms with Crippen LogP contribution in [0.2, 0.25) is 10.0 Å². The average molecular weight is 411 g/mol. The Morgan fingerprint density at radius 1 is 1.00 bits per heavy atom. The molecule has 0 aliphatic rings. The highest BCUT2D eigenvalue weighted by molar-refractivity contribution is 6.35. The first-order valence-electron chi connectivity index (χ1n) is 7.74. The van der Waals surface area contributed by atoms with Crippen molar-refractivity contribution >= 4 is 46.7 Å². The van der Waals surface area contributed by atoms with Crippen LogP contribution in [-0.2, 0) is 14.3 Å². The fraction of sp³-hybridized carbons (Fsp3) is 0.167. The monoisotopic (exact) mass is 410 g/mol. The van der Waals surface area contributed by atoms with E-state index in [-0.39, 0.29) is 16.7 Å². The Balaban J connectivity index is 1.76. The molecule has 9 heteroatoms. The number of hydrogen-bond acceptors (Lipinski definition) is 5. The Morgan fingerprint density at radius 3 is 2.33 bits per heavy atom. The summed E-state index contributed by atoms with van der Waals surface area (Å²) < 4.78 is 10.0. The van der Waals surface area contributed by atoms with Gasteiger partial charge in [-0.2, -0.15) is 0 Å². The summed E-state index contributed by atoms with van der Waals surface area (Å²) in [5.74, 6) is -1.21. The van der Waals surface area contributed by atoms with Crippen molar-refractivity contribution in [1.82, 2.24) is 5.32 Å². The molecule has 0 unspecified atom stereocenters. The third kappa shape index (κ3) is 6.47. The molecule has 0 heterocycles. The average Bonchev–Trinajstić information content (AvgIpc) is 2.65. The Kier molecular flexibility index (Phi) is 7.45. The molecule has 27 heavy (non-hydrogen) atoms. The molecule has 7 nitrogen and oxygen atoms in total. The van der Waals surface area contributed by atoms with E-state index in [1.807, 2.05) is 0 Å². The summed E-state index contributed by atoms with van der Waals surface area (Å²) in [6.45, 7) is -0.886. The van der Waals surface area contributed by atoms with Gasteiger partial charge < -0.3 is 20.1 Å². The van der Waals surface area contributed by atoms with Crippen molar-refractivity contribution in [2.75, 3.05) is 25.6 Å². The highest BCUT2D eigenvalue weighted by Gasteiger charge is 2.11. The second-order valence-corrected chi connectivity index (χ2v) is 6.07. The molecule has 0 saturated carbocycles. The molecular weight excluding hydrogens is 395 g/mol. The van der Waals surface area contributed by atoms with Gasteiger partial charge in [0.2, 0.25) is 0 Å². The number of hydrogen-bond donors (Lipinski definition) is 2. The second kappa shape index (κ2) is 9.80. The van der Waals surface area contributed by atoms with Crippen molar-refractivity contribution in [2.45, 2.75) is 0 Å². The molecule has 0 aliphatic heterocycles. The minimum atomic E-state index is -0.730. The number of amides is 2. The van der Waals surface area contributed by atoms with Crippen LogP contribution in [0.1, 0.15) is 10.4 Å². The van der Waals surface area contributed by atoms with E-state index in [0.29, 0.717) is 16.3 Å². The third-order valence-corrected chi connectivity index (χ3v) is 3.79. The van der Waals surface area contributed by atoms with Gasteiger partial charge in [0.25, 0.3) is 11.8 Å². The molecule has 0 saturated heterocycles. The lowest BCUT2D eigenvalue weighted by Gasteiger charge is -2.09. The number of halogens is 2. The van der Waals surface area contributed by atoms with Gasteiger partial charge in [-0.25, -0.2) is 4.79 Å². The van der Waals surface area contributed by atoms with E-state index in [0.717, 1.165) is 0 Å². The molecule has 2 aromatic carbocycles. The molecule has 0 fully saturated rings. The van der Waals surface area contributed by atoms with Crippen molar-refractivity contribution in [3.8, 4) is 5.75 Å². The standard InChI is InChI=1S/C18H16Cl2N2O5/c1-21-18(25)11-2-5-13(6-3-11)22-16(23)9-27-17(24)10-26-15-7-4-12(19)8-14(15)20/h2-8H,9-10H2,1H3,(H,21,25)(H,22,23). The molecule has 0 spiro atoms. The number of ether oxygens (including phenoxy) is 2. The van der Waals surface area contributed by atoms with Crippen molar-refractivity contribution in [3.63, 3.8) is 0 Å². The van der Waals surface area contributed by atoms with E-state index in [4.69, 9.17) is 32.7 Å². The number of esters is 1. The van der Waals surface area contributed by atoms with Crippen LogP contribution in [0.4, 0.5) is 5.69 Å². The minimum absolute atomic E-state index is 0.234. The molecule has 0 aromatic heterocycles. The van der Waals surface area contributed by atoms with E-state index < -0.39 is 25.1 Å². The van der Waals surface area contributed by atoms with Gasteiger partial charge in [-0.05, 0) is 42.5 Å². The van der Waals surface area contributed by atoms with Gasteiger partial charge in [-0.15, -0.1) is 0 Å². The van der Waals surface area contributed by atoms with Crippen molar-refractivity contribution in [2.24, 2.45) is 0 Å². The predicted molar refractivity (Wildman–Crippen MR) is 101 cm³/mol. The normalized spacial score (nSPS) is 10.0. The van der Waals surface area contributed by atoms with Gasteiger partial charge in [-0.3, -0.25) is 9.59 Å². The van der Waals surface area contributed by atoms with Gasteiger partial charge in [0.15, 0.2) is 13.2 Å². The Bertz CT molecular complexity index is 840. The number of nitrogens with one attached hydrogen (secondary N) is 2. The summed E-state index contributed by atoms with van der Waals surface area (Å²) in [4.78, 5) is 34.9.